The second-order valence-electron chi connectivity index (χ2n) is 9.40. The van der Waals surface area contributed by atoms with Crippen molar-refractivity contribution >= 4 is 5.78 Å². The third kappa shape index (κ3) is 4.92. The van der Waals surface area contributed by atoms with Gasteiger partial charge in [-0.2, -0.15) is 0 Å². The number of carbonyl (C=O) groups excluding carboxylic acids is 1. The summed E-state index contributed by atoms with van der Waals surface area (Å²) in [6, 6.07) is 2.51. The molecule has 168 valence electrons. The molecule has 1 nitrogen and oxygen atoms in total. The van der Waals surface area contributed by atoms with Crippen molar-refractivity contribution in [1.82, 2.24) is 0 Å². The van der Waals surface area contributed by atoms with Gasteiger partial charge in [0.1, 0.15) is 5.78 Å². The molecule has 0 heterocycles. The van der Waals surface area contributed by atoms with E-state index in [-0.39, 0.29) is 0 Å². The first-order valence-electron chi connectivity index (χ1n) is 12.8. The van der Waals surface area contributed by atoms with Crippen molar-refractivity contribution in [3.8, 4) is 0 Å². The van der Waals surface area contributed by atoms with Gasteiger partial charge in [-0.25, -0.2) is 0 Å². The van der Waals surface area contributed by atoms with E-state index in [0.29, 0.717) is 17.6 Å². The number of rotatable bonds is 4. The monoisotopic (exact) mass is 410 g/mol. The van der Waals surface area contributed by atoms with E-state index in [1.807, 2.05) is 27.7 Å². The number of Topliss-reactive ketones (excluding diaryl/α,β-unsaturated/α-hetero) is 1. The van der Waals surface area contributed by atoms with E-state index < -0.39 is 0 Å². The first kappa shape index (κ1) is 24.9. The van der Waals surface area contributed by atoms with Crippen LogP contribution in [-0.2, 0) is 29.5 Å². The quantitative estimate of drug-likeness (QED) is 0.458. The highest BCUT2D eigenvalue weighted by Gasteiger charge is 2.49. The third-order valence-electron chi connectivity index (χ3n) is 7.45. The molecule has 0 saturated heterocycles. The highest BCUT2D eigenvalue weighted by molar-refractivity contribution is 5.77. The predicted octanol–water partition coefficient (Wildman–Crippen LogP) is 8.08. The summed E-state index contributed by atoms with van der Waals surface area (Å²) in [5, 5.41) is 0. The fraction of sp³-hybridized carbons (Fsp3) is 0.690. The Kier molecular flexibility index (Phi) is 9.38. The van der Waals surface area contributed by atoms with E-state index >= 15 is 0 Å². The van der Waals surface area contributed by atoms with Gasteiger partial charge >= 0.3 is 0 Å². The number of allylic oxidation sites excluding steroid dienone is 2. The Morgan fingerprint density at radius 2 is 1.87 bits per heavy atom. The zero-order chi connectivity index (χ0) is 22.3. The zero-order valence-electron chi connectivity index (χ0n) is 20.9. The van der Waals surface area contributed by atoms with Crippen LogP contribution >= 0.6 is 0 Å². The molecule has 1 spiro atoms. The van der Waals surface area contributed by atoms with Crippen LogP contribution in [0.2, 0.25) is 0 Å². The molecular formula is C29H46O. The fourth-order valence-electron chi connectivity index (χ4n) is 6.00. The second-order valence-corrected chi connectivity index (χ2v) is 9.40. The largest absolute Gasteiger partial charge is 0.300 e. The van der Waals surface area contributed by atoms with Crippen molar-refractivity contribution in [3.63, 3.8) is 0 Å². The fourth-order valence-corrected chi connectivity index (χ4v) is 6.00. The van der Waals surface area contributed by atoms with E-state index in [2.05, 4.69) is 39.0 Å². The normalized spacial score (nSPS) is 25.7. The van der Waals surface area contributed by atoms with Crippen LogP contribution in [-0.4, -0.2) is 5.78 Å². The maximum absolute atomic E-state index is 10.4. The lowest BCUT2D eigenvalue weighted by molar-refractivity contribution is -0.118. The summed E-state index contributed by atoms with van der Waals surface area (Å²) in [5.74, 6) is 2.02. The van der Waals surface area contributed by atoms with Gasteiger partial charge in [0.05, 0.1) is 0 Å². The minimum absolute atomic E-state index is 0.377. The van der Waals surface area contributed by atoms with Gasteiger partial charge in [-0.15, -0.1) is 0 Å². The third-order valence-corrected chi connectivity index (χ3v) is 7.45. The van der Waals surface area contributed by atoms with E-state index in [1.54, 1.807) is 27.8 Å². The number of carbonyl (C=O) groups is 1. The average molecular weight is 411 g/mol. The molecule has 3 unspecified atom stereocenters. The molecule has 3 aliphatic rings. The molecule has 0 saturated carbocycles. The van der Waals surface area contributed by atoms with Crippen molar-refractivity contribution in [3.05, 3.63) is 46.0 Å². The highest BCUT2D eigenvalue weighted by atomic mass is 16.1. The highest BCUT2D eigenvalue weighted by Crippen LogP contribution is 2.56. The van der Waals surface area contributed by atoms with Crippen molar-refractivity contribution in [2.75, 3.05) is 0 Å². The number of aryl methyl sites for hydroxylation is 2. The summed E-state index contributed by atoms with van der Waals surface area (Å²) < 4.78 is 0. The molecule has 1 aromatic carbocycles. The minimum Gasteiger partial charge on any atom is -0.300 e. The molecule has 0 aliphatic heterocycles. The van der Waals surface area contributed by atoms with E-state index in [1.165, 1.54) is 44.9 Å². The Balaban J connectivity index is 0.000000306. The van der Waals surface area contributed by atoms with Gasteiger partial charge in [0.15, 0.2) is 0 Å². The lowest BCUT2D eigenvalue weighted by Crippen LogP contribution is -2.33. The van der Waals surface area contributed by atoms with Crippen molar-refractivity contribution in [2.45, 2.75) is 118 Å². The summed E-state index contributed by atoms with van der Waals surface area (Å²) in [6.45, 7) is 15.0. The second kappa shape index (κ2) is 11.3. The average Bonchev–Trinajstić information content (AvgIpc) is 2.95. The molecule has 4 rings (SSSR count). The number of benzene rings is 1. The lowest BCUT2D eigenvalue weighted by atomic mass is 9.65. The van der Waals surface area contributed by atoms with E-state index in [9.17, 15) is 4.79 Å². The summed E-state index contributed by atoms with van der Waals surface area (Å²) in [5.41, 5.74) is 8.89. The van der Waals surface area contributed by atoms with Crippen molar-refractivity contribution < 1.29 is 4.79 Å². The van der Waals surface area contributed by atoms with Crippen LogP contribution in [0.5, 0.6) is 0 Å². The van der Waals surface area contributed by atoms with Crippen LogP contribution in [0.25, 0.3) is 0 Å². The maximum atomic E-state index is 10.4. The number of hydrogen-bond donors (Lipinski definition) is 0. The summed E-state index contributed by atoms with van der Waals surface area (Å²) in [4.78, 5) is 10.4. The van der Waals surface area contributed by atoms with Crippen LogP contribution in [0.15, 0.2) is 18.2 Å². The molecule has 0 amide bonds. The smallest absolute Gasteiger partial charge is 0.132 e. The molecule has 0 fully saturated rings. The Labute approximate surface area is 186 Å². The Morgan fingerprint density at radius 3 is 2.47 bits per heavy atom. The molecule has 3 atom stereocenters. The zero-order valence-corrected chi connectivity index (χ0v) is 20.9. The van der Waals surface area contributed by atoms with Gasteiger partial charge in [0.2, 0.25) is 0 Å². The first-order chi connectivity index (χ1) is 14.5. The van der Waals surface area contributed by atoms with Crippen LogP contribution in [0, 0.1) is 18.8 Å². The van der Waals surface area contributed by atoms with E-state index in [0.717, 1.165) is 24.7 Å². The molecule has 1 aromatic rings. The van der Waals surface area contributed by atoms with Crippen LogP contribution < -0.4 is 0 Å². The topological polar surface area (TPSA) is 17.1 Å². The molecule has 30 heavy (non-hydrogen) atoms. The predicted molar refractivity (Wildman–Crippen MR) is 131 cm³/mol. The van der Waals surface area contributed by atoms with Gasteiger partial charge in [0.25, 0.3) is 0 Å². The molecule has 0 aromatic heterocycles. The minimum atomic E-state index is 0.377. The molecule has 0 N–H and O–H groups in total. The summed E-state index contributed by atoms with van der Waals surface area (Å²) in [6.07, 6.45) is 17.1. The van der Waals surface area contributed by atoms with Gasteiger partial charge in [-0.3, -0.25) is 4.79 Å². The van der Waals surface area contributed by atoms with E-state index in [4.69, 9.17) is 0 Å². The van der Waals surface area contributed by atoms with Gasteiger partial charge in [-0.05, 0) is 91.5 Å². The number of hydrogen-bond acceptors (Lipinski definition) is 1. The van der Waals surface area contributed by atoms with Gasteiger partial charge in [0, 0.05) is 18.3 Å². The Hall–Kier alpha value is -1.37. The standard InChI is InChI=1S/C21H28.C6H12O.C2H6/c1-4-16-12-15(3)18-7-5-6-9-21-10-8-14(2)11-17(21)13-19(16)20(18)21;1-3-5-6(7)4-2;1-2/h8,10,12,14,17H,4-7,9,11,13H2,1-3H3;3-5H2,1-2H3;1-2H3. The lowest BCUT2D eigenvalue weighted by Gasteiger charge is -2.39. The van der Waals surface area contributed by atoms with Crippen molar-refractivity contribution in [2.24, 2.45) is 11.8 Å². The van der Waals surface area contributed by atoms with Crippen LogP contribution in [0.3, 0.4) is 0 Å². The van der Waals surface area contributed by atoms with Gasteiger partial charge in [-0.1, -0.05) is 66.2 Å². The van der Waals surface area contributed by atoms with Crippen LogP contribution in [0.4, 0.5) is 0 Å². The van der Waals surface area contributed by atoms with Crippen molar-refractivity contribution in [1.29, 1.82) is 0 Å². The summed E-state index contributed by atoms with van der Waals surface area (Å²) >= 11 is 0. The summed E-state index contributed by atoms with van der Waals surface area (Å²) in [7, 11) is 0. The Bertz CT molecular complexity index is 741. The van der Waals surface area contributed by atoms with Crippen LogP contribution in [0.1, 0.15) is 114 Å². The molecule has 0 bridgehead atoms. The SMILES string of the molecule is CC.CCCC(=O)CC.CCc1cc(C)c2c3c1CC1CC(C)C=CC31CCCC2. The molecule has 0 radical (unpaired) electrons. The molecular weight excluding hydrogens is 364 g/mol. The molecule has 1 heteroatoms. The molecule has 3 aliphatic carbocycles. The maximum Gasteiger partial charge on any atom is 0.132 e. The van der Waals surface area contributed by atoms with Gasteiger partial charge < -0.3 is 0 Å². The first-order valence-corrected chi connectivity index (χ1v) is 12.8. The Morgan fingerprint density at radius 1 is 1.13 bits per heavy atom. The number of ketones is 1.